The fourth-order valence-electron chi connectivity index (χ4n) is 3.43. The molecule has 1 aliphatic heterocycles. The van der Waals surface area contributed by atoms with Gasteiger partial charge in [0.15, 0.2) is 0 Å². The van der Waals surface area contributed by atoms with E-state index in [4.69, 9.17) is 4.74 Å². The molecule has 1 saturated heterocycles. The van der Waals surface area contributed by atoms with Gasteiger partial charge in [-0.05, 0) is 24.1 Å². The highest BCUT2D eigenvalue weighted by molar-refractivity contribution is 5.96. The van der Waals surface area contributed by atoms with Gasteiger partial charge in [0, 0.05) is 17.4 Å². The predicted molar refractivity (Wildman–Crippen MR) is 92.7 cm³/mol. The third-order valence-corrected chi connectivity index (χ3v) is 4.54. The molecule has 0 aliphatic carbocycles. The van der Waals surface area contributed by atoms with E-state index in [1.165, 1.54) is 0 Å². The lowest BCUT2D eigenvalue weighted by molar-refractivity contribution is -0.165. The molecule has 1 unspecified atom stereocenters. The summed E-state index contributed by atoms with van der Waals surface area (Å²) in [6, 6.07) is 19.9. The Morgan fingerprint density at radius 3 is 2.04 bits per heavy atom. The average molecular weight is 306 g/mol. The molecule has 0 aromatic heterocycles. The monoisotopic (exact) mass is 306 g/mol. The van der Waals surface area contributed by atoms with Crippen molar-refractivity contribution in [1.82, 2.24) is 0 Å². The Bertz CT molecular complexity index is 729. The van der Waals surface area contributed by atoms with Crippen LogP contribution in [0.4, 0.5) is 0 Å². The molecule has 0 N–H and O–H groups in total. The van der Waals surface area contributed by atoms with E-state index in [0.29, 0.717) is 0 Å². The van der Waals surface area contributed by atoms with Crippen LogP contribution in [0.15, 0.2) is 66.2 Å². The summed E-state index contributed by atoms with van der Waals surface area (Å²) in [6.45, 7) is 6.23. The Morgan fingerprint density at radius 1 is 0.913 bits per heavy atom. The summed E-state index contributed by atoms with van der Waals surface area (Å²) in [5.74, 6) is -0.226. The summed E-state index contributed by atoms with van der Waals surface area (Å²) in [4.78, 5) is 12.7. The van der Waals surface area contributed by atoms with Crippen LogP contribution in [-0.2, 0) is 15.1 Å². The first-order valence-corrected chi connectivity index (χ1v) is 7.97. The Balaban J connectivity index is 1.97. The number of hydrogen-bond donors (Lipinski definition) is 0. The lowest BCUT2D eigenvalue weighted by Crippen LogP contribution is -2.43. The number of carbonyl (C=O) groups is 1. The van der Waals surface area contributed by atoms with Gasteiger partial charge < -0.3 is 4.74 Å². The minimum absolute atomic E-state index is 0.226. The fourth-order valence-corrected chi connectivity index (χ4v) is 3.43. The molecule has 2 aromatic rings. The first-order valence-electron chi connectivity index (χ1n) is 7.97. The molecule has 0 spiro atoms. The van der Waals surface area contributed by atoms with Gasteiger partial charge in [-0.25, -0.2) is 4.79 Å². The van der Waals surface area contributed by atoms with Crippen LogP contribution in [0.5, 0.6) is 0 Å². The molecule has 2 aromatic carbocycles. The van der Waals surface area contributed by atoms with E-state index >= 15 is 0 Å². The molecule has 3 rings (SSSR count). The zero-order chi connectivity index (χ0) is 16.5. The van der Waals surface area contributed by atoms with E-state index in [1.807, 2.05) is 73.7 Å². The molecule has 118 valence electrons. The normalized spacial score (nSPS) is 25.2. The Morgan fingerprint density at radius 2 is 1.48 bits per heavy atom. The summed E-state index contributed by atoms with van der Waals surface area (Å²) in [6.07, 6.45) is 2.71. The van der Waals surface area contributed by atoms with Gasteiger partial charge >= 0.3 is 5.97 Å². The SMILES string of the molecule is CC1(C)CC(C)(c2ccccc2)OC(=O)/C1=C/c1ccccc1. The van der Waals surface area contributed by atoms with E-state index in [-0.39, 0.29) is 11.4 Å². The van der Waals surface area contributed by atoms with Crippen LogP contribution in [0.2, 0.25) is 0 Å². The topological polar surface area (TPSA) is 26.3 Å². The standard InChI is InChI=1S/C21H22O2/c1-20(2)15-21(3,17-12-8-5-9-13-17)23-19(22)18(20)14-16-10-6-4-7-11-16/h4-14H,15H2,1-3H3/b18-14-. The molecule has 2 heteroatoms. The molecule has 1 fully saturated rings. The first kappa shape index (κ1) is 15.5. The van der Waals surface area contributed by atoms with Crippen molar-refractivity contribution in [2.75, 3.05) is 0 Å². The summed E-state index contributed by atoms with van der Waals surface area (Å²) < 4.78 is 5.87. The molecule has 0 radical (unpaired) electrons. The number of hydrogen-bond acceptors (Lipinski definition) is 2. The van der Waals surface area contributed by atoms with E-state index in [0.717, 1.165) is 23.1 Å². The second-order valence-corrected chi connectivity index (χ2v) is 7.02. The van der Waals surface area contributed by atoms with Crippen LogP contribution >= 0.6 is 0 Å². The molecule has 0 bridgehead atoms. The Hall–Kier alpha value is -2.35. The Kier molecular flexibility index (Phi) is 3.85. The van der Waals surface area contributed by atoms with Crippen LogP contribution in [-0.4, -0.2) is 5.97 Å². The molecule has 1 atom stereocenters. The van der Waals surface area contributed by atoms with Crippen LogP contribution < -0.4 is 0 Å². The van der Waals surface area contributed by atoms with E-state index in [9.17, 15) is 4.79 Å². The number of benzene rings is 2. The number of esters is 1. The van der Waals surface area contributed by atoms with Gasteiger partial charge in [0.1, 0.15) is 5.60 Å². The third-order valence-electron chi connectivity index (χ3n) is 4.54. The maximum Gasteiger partial charge on any atom is 0.335 e. The van der Waals surface area contributed by atoms with Gasteiger partial charge in [0.05, 0.1) is 0 Å². The molecular formula is C21H22O2. The lowest BCUT2D eigenvalue weighted by atomic mass is 9.70. The lowest BCUT2D eigenvalue weighted by Gasteiger charge is -2.43. The van der Waals surface area contributed by atoms with Crippen LogP contribution in [0.1, 0.15) is 38.3 Å². The number of cyclic esters (lactones) is 1. The highest BCUT2D eigenvalue weighted by atomic mass is 16.6. The van der Waals surface area contributed by atoms with Crippen molar-refractivity contribution in [1.29, 1.82) is 0 Å². The van der Waals surface area contributed by atoms with Crippen molar-refractivity contribution in [3.63, 3.8) is 0 Å². The highest BCUT2D eigenvalue weighted by Gasteiger charge is 2.46. The minimum Gasteiger partial charge on any atom is -0.451 e. The fraction of sp³-hybridized carbons (Fsp3) is 0.286. The van der Waals surface area contributed by atoms with Gasteiger partial charge in [-0.1, -0.05) is 74.5 Å². The van der Waals surface area contributed by atoms with Gasteiger partial charge in [0.2, 0.25) is 0 Å². The molecule has 2 nitrogen and oxygen atoms in total. The Labute approximate surface area is 137 Å². The minimum atomic E-state index is -0.587. The molecule has 1 heterocycles. The summed E-state index contributed by atoms with van der Waals surface area (Å²) in [5.41, 5.74) is 1.96. The number of carbonyl (C=O) groups excluding carboxylic acids is 1. The van der Waals surface area contributed by atoms with Crippen molar-refractivity contribution in [2.45, 2.75) is 32.8 Å². The summed E-state index contributed by atoms with van der Waals surface area (Å²) in [7, 11) is 0. The number of rotatable bonds is 2. The zero-order valence-corrected chi connectivity index (χ0v) is 13.9. The van der Waals surface area contributed by atoms with E-state index in [1.54, 1.807) is 0 Å². The van der Waals surface area contributed by atoms with Crippen LogP contribution in [0.3, 0.4) is 0 Å². The quantitative estimate of drug-likeness (QED) is 0.579. The smallest absolute Gasteiger partial charge is 0.335 e. The van der Waals surface area contributed by atoms with Gasteiger partial charge in [-0.2, -0.15) is 0 Å². The molecule has 23 heavy (non-hydrogen) atoms. The summed E-state index contributed by atoms with van der Waals surface area (Å²) >= 11 is 0. The second kappa shape index (κ2) is 5.69. The zero-order valence-electron chi connectivity index (χ0n) is 13.9. The third kappa shape index (κ3) is 3.07. The number of ether oxygens (including phenoxy) is 1. The first-order chi connectivity index (χ1) is 10.9. The molecule has 0 saturated carbocycles. The van der Waals surface area contributed by atoms with Crippen LogP contribution in [0.25, 0.3) is 6.08 Å². The maximum absolute atomic E-state index is 12.7. The molecule has 1 aliphatic rings. The van der Waals surface area contributed by atoms with Crippen LogP contribution in [0, 0.1) is 5.41 Å². The van der Waals surface area contributed by atoms with E-state index < -0.39 is 5.60 Å². The van der Waals surface area contributed by atoms with Gasteiger partial charge in [-0.3, -0.25) is 0 Å². The highest BCUT2D eigenvalue weighted by Crippen LogP contribution is 2.47. The van der Waals surface area contributed by atoms with Crippen molar-refractivity contribution in [3.8, 4) is 0 Å². The maximum atomic E-state index is 12.7. The van der Waals surface area contributed by atoms with E-state index in [2.05, 4.69) is 13.8 Å². The van der Waals surface area contributed by atoms with Gasteiger partial charge in [0.25, 0.3) is 0 Å². The predicted octanol–water partition coefficient (Wildman–Crippen LogP) is 4.96. The van der Waals surface area contributed by atoms with Gasteiger partial charge in [-0.15, -0.1) is 0 Å². The molecular weight excluding hydrogens is 284 g/mol. The largest absolute Gasteiger partial charge is 0.451 e. The van der Waals surface area contributed by atoms with Crippen molar-refractivity contribution < 1.29 is 9.53 Å². The van der Waals surface area contributed by atoms with Crippen molar-refractivity contribution in [3.05, 3.63) is 77.4 Å². The van der Waals surface area contributed by atoms with Crippen molar-refractivity contribution in [2.24, 2.45) is 5.41 Å². The summed E-state index contributed by atoms with van der Waals surface area (Å²) in [5, 5.41) is 0. The average Bonchev–Trinajstić information content (AvgIpc) is 2.52. The van der Waals surface area contributed by atoms with Crippen molar-refractivity contribution >= 4 is 12.0 Å². The second-order valence-electron chi connectivity index (χ2n) is 7.02. The molecule has 0 amide bonds.